The van der Waals surface area contributed by atoms with Crippen LogP contribution in [0.4, 0.5) is 4.79 Å². The molecule has 2 heterocycles. The molecule has 1 aromatic heterocycles. The zero-order chi connectivity index (χ0) is 57.9. The maximum absolute atomic E-state index is 14.7. The summed E-state index contributed by atoms with van der Waals surface area (Å²) in [6.07, 6.45) is 4.56. The summed E-state index contributed by atoms with van der Waals surface area (Å²) in [5.74, 6) is -4.25. The van der Waals surface area contributed by atoms with Crippen molar-refractivity contribution in [2.75, 3.05) is 72.7 Å². The van der Waals surface area contributed by atoms with Crippen molar-refractivity contribution in [2.24, 2.45) is 17.8 Å². The molecule has 0 bridgehead atoms. The minimum absolute atomic E-state index is 0.000376. The standard InChI is InChI=1S/C55H89N9O12S2/c1-12-36(5)47(62-51(69)43-18-14-16-25-63(43)8)53(70)64(9)44(34(2)3)31-45(52-61-42(32-78-52)50(68)59-40(29-37(6)54(71)72)30-39-21-19-35(4)20-22-39)76-55(73)58-38(7)48(66)60-41(17-13-15-23-56-46(65)33-77-11)49(67)57-24-26-75-28-27-74-10/h19-22,32,34,36-38,40-41,43-45,47H,12-18,23-31,33H2,1-11H3,(H,56,65)(H,57,67)(H,58,73)(H,59,68)(H,60,66)(H,62,69)(H,71,72)/t36?,37?,38?,40-,41?,43?,44-,45-,47+/m1/s1. The van der Waals surface area contributed by atoms with Crippen LogP contribution in [0.25, 0.3) is 0 Å². The maximum atomic E-state index is 14.7. The monoisotopic (exact) mass is 1130 g/mol. The number of alkyl carbamates (subject to hydrolysis) is 1. The van der Waals surface area contributed by atoms with E-state index in [1.54, 1.807) is 26.0 Å². The molecule has 9 atom stereocenters. The number of piperidine rings is 1. The van der Waals surface area contributed by atoms with E-state index in [1.165, 1.54) is 24.1 Å². The Morgan fingerprint density at radius 2 is 1.62 bits per heavy atom. The second kappa shape index (κ2) is 35.3. The molecule has 3 rings (SSSR count). The number of unbranched alkanes of at least 4 members (excludes halogenated alkanes) is 1. The van der Waals surface area contributed by atoms with Crippen molar-refractivity contribution in [3.63, 3.8) is 0 Å². The average Bonchev–Trinajstić information content (AvgIpc) is 3.92. The van der Waals surface area contributed by atoms with Gasteiger partial charge in [-0.3, -0.25) is 38.5 Å². The van der Waals surface area contributed by atoms with Gasteiger partial charge in [0, 0.05) is 51.1 Å². The van der Waals surface area contributed by atoms with Gasteiger partial charge in [0.15, 0.2) is 6.10 Å². The summed E-state index contributed by atoms with van der Waals surface area (Å²) < 4.78 is 16.6. The maximum Gasteiger partial charge on any atom is 0.408 e. The van der Waals surface area contributed by atoms with Crippen LogP contribution in [0.5, 0.6) is 0 Å². The molecule has 1 fully saturated rings. The predicted molar refractivity (Wildman–Crippen MR) is 302 cm³/mol. The molecule has 1 aliphatic heterocycles. The first-order chi connectivity index (χ1) is 37.1. The van der Waals surface area contributed by atoms with Gasteiger partial charge in [0.05, 0.1) is 37.5 Å². The van der Waals surface area contributed by atoms with Crippen molar-refractivity contribution < 1.29 is 57.7 Å². The number of carboxylic acid groups (broad SMARTS) is 1. The Morgan fingerprint density at radius 3 is 2.26 bits per heavy atom. The molecule has 21 nitrogen and oxygen atoms in total. The fourth-order valence-corrected chi connectivity index (χ4v) is 10.2. The first-order valence-corrected chi connectivity index (χ1v) is 29.6. The Balaban J connectivity index is 1.93. The number of methoxy groups -OCH3 is 1. The number of likely N-dealkylation sites (tertiary alicyclic amines) is 1. The van der Waals surface area contributed by atoms with Gasteiger partial charge in [-0.1, -0.05) is 77.3 Å². The lowest BCUT2D eigenvalue weighted by atomic mass is 9.92. The molecule has 1 aromatic carbocycles. The molecule has 1 saturated heterocycles. The van der Waals surface area contributed by atoms with Crippen LogP contribution >= 0.6 is 23.1 Å². The van der Waals surface area contributed by atoms with Crippen molar-refractivity contribution in [1.82, 2.24) is 46.7 Å². The lowest BCUT2D eigenvalue weighted by molar-refractivity contribution is -0.141. The first kappa shape index (κ1) is 66.9. The molecule has 0 saturated carbocycles. The number of nitrogens with one attached hydrogen (secondary N) is 6. The number of carboxylic acids is 1. The van der Waals surface area contributed by atoms with Crippen LogP contribution in [-0.4, -0.2) is 176 Å². The topological polar surface area (TPSA) is 276 Å². The summed E-state index contributed by atoms with van der Waals surface area (Å²) >= 11 is 2.46. The van der Waals surface area contributed by atoms with Gasteiger partial charge in [-0.25, -0.2) is 9.78 Å². The van der Waals surface area contributed by atoms with Crippen LogP contribution < -0.4 is 31.9 Å². The molecule has 5 unspecified atom stereocenters. The molecule has 2 aromatic rings. The number of aromatic nitrogens is 1. The third kappa shape index (κ3) is 23.2. The van der Waals surface area contributed by atoms with E-state index in [9.17, 15) is 43.5 Å². The summed E-state index contributed by atoms with van der Waals surface area (Å²) in [6, 6.07) is 3.11. The normalized spacial score (nSPS) is 16.7. The van der Waals surface area contributed by atoms with Crippen molar-refractivity contribution in [3.05, 3.63) is 51.5 Å². The highest BCUT2D eigenvalue weighted by Gasteiger charge is 2.38. The van der Waals surface area contributed by atoms with E-state index in [2.05, 4.69) is 36.9 Å². The number of thiazole rings is 1. The smallest absolute Gasteiger partial charge is 0.408 e. The van der Waals surface area contributed by atoms with Crippen LogP contribution in [0.15, 0.2) is 29.6 Å². The molecule has 1 aliphatic rings. The third-order valence-corrected chi connectivity index (χ3v) is 15.5. The molecular weight excluding hydrogens is 1040 g/mol. The van der Waals surface area contributed by atoms with Crippen molar-refractivity contribution in [3.8, 4) is 0 Å². The zero-order valence-electron chi connectivity index (χ0n) is 47.8. The van der Waals surface area contributed by atoms with Crippen LogP contribution in [0.1, 0.15) is 132 Å². The van der Waals surface area contributed by atoms with Gasteiger partial charge in [-0.05, 0) is 96.0 Å². The molecule has 78 heavy (non-hydrogen) atoms. The number of nitrogens with zero attached hydrogens (tertiary/aromatic N) is 3. The van der Waals surface area contributed by atoms with Crippen molar-refractivity contribution >= 4 is 70.6 Å². The Labute approximate surface area is 469 Å². The fourth-order valence-electron chi connectivity index (χ4n) is 9.01. The van der Waals surface area contributed by atoms with Gasteiger partial charge in [-0.15, -0.1) is 11.3 Å². The van der Waals surface area contributed by atoms with Crippen molar-refractivity contribution in [2.45, 2.75) is 155 Å². The van der Waals surface area contributed by atoms with Gasteiger partial charge in [-0.2, -0.15) is 11.8 Å². The van der Waals surface area contributed by atoms with Gasteiger partial charge in [0.25, 0.3) is 5.91 Å². The lowest BCUT2D eigenvalue weighted by Crippen LogP contribution is -2.58. The molecular formula is C55H89N9O12S2. The van der Waals surface area contributed by atoms with Crippen LogP contribution in [-0.2, 0) is 49.4 Å². The Kier molecular flexibility index (Phi) is 30.3. The summed E-state index contributed by atoms with van der Waals surface area (Å²) in [6.45, 7) is 14.9. The number of hydrogen-bond donors (Lipinski definition) is 7. The van der Waals surface area contributed by atoms with E-state index in [1.807, 2.05) is 77.1 Å². The summed E-state index contributed by atoms with van der Waals surface area (Å²) in [5, 5.41) is 28.5. The molecule has 0 spiro atoms. The first-order valence-electron chi connectivity index (χ1n) is 27.3. The number of amides is 7. The van der Waals surface area contributed by atoms with E-state index in [0.29, 0.717) is 57.6 Å². The summed E-state index contributed by atoms with van der Waals surface area (Å²) in [4.78, 5) is 116. The number of likely N-dealkylation sites (N-methyl/N-ethyl adjacent to an activating group) is 2. The number of aliphatic carboxylic acids is 1. The minimum Gasteiger partial charge on any atom is -0.481 e. The number of hydrogen-bond acceptors (Lipinski definition) is 15. The average molecular weight is 1130 g/mol. The van der Waals surface area contributed by atoms with E-state index in [4.69, 9.17) is 14.2 Å². The lowest BCUT2D eigenvalue weighted by Gasteiger charge is -2.38. The molecule has 0 aliphatic carbocycles. The van der Waals surface area contributed by atoms with Gasteiger partial charge >= 0.3 is 12.1 Å². The molecule has 7 amide bonds. The largest absolute Gasteiger partial charge is 0.481 e. The van der Waals surface area contributed by atoms with Gasteiger partial charge in [0.1, 0.15) is 28.8 Å². The minimum atomic E-state index is -1.22. The quantitative estimate of drug-likeness (QED) is 0.0454. The number of benzene rings is 1. The SMILES string of the molecule is CCC(C)[C@H](NC(=O)C1CCCCN1C)C(=O)N(C)[C@H](C[C@@H](OC(=O)NC(C)C(=O)NC(CCCCNC(=O)CSC)C(=O)NCCOCCOC)c1nc(C(=O)N[C@@H](Cc2ccc(C)cc2)CC(C)C(=O)O)cs1)C(C)C. The predicted octanol–water partition coefficient (Wildman–Crippen LogP) is 4.86. The number of carbonyl (C=O) groups excluding carboxylic acids is 7. The number of thioether (sulfide) groups is 1. The number of carbonyl (C=O) groups is 8. The molecule has 23 heteroatoms. The fraction of sp³-hybridized carbons (Fsp3) is 0.691. The third-order valence-electron chi connectivity index (χ3n) is 14.1. The van der Waals surface area contributed by atoms with E-state index in [-0.39, 0.29) is 78.7 Å². The molecule has 0 radical (unpaired) electrons. The second-order valence-corrected chi connectivity index (χ2v) is 22.5. The van der Waals surface area contributed by atoms with E-state index in [0.717, 1.165) is 41.9 Å². The van der Waals surface area contributed by atoms with E-state index < -0.39 is 72.0 Å². The van der Waals surface area contributed by atoms with E-state index >= 15 is 0 Å². The van der Waals surface area contributed by atoms with Crippen molar-refractivity contribution in [1.29, 1.82) is 0 Å². The van der Waals surface area contributed by atoms with Gasteiger partial charge in [0.2, 0.25) is 29.5 Å². The van der Waals surface area contributed by atoms with Crippen LogP contribution in [0.2, 0.25) is 0 Å². The molecule has 438 valence electrons. The van der Waals surface area contributed by atoms with Crippen LogP contribution in [0.3, 0.4) is 0 Å². The second-order valence-electron chi connectivity index (χ2n) is 20.8. The number of ether oxygens (including phenoxy) is 3. The Bertz CT molecular complexity index is 2220. The summed E-state index contributed by atoms with van der Waals surface area (Å²) in [7, 11) is 5.11. The number of rotatable bonds is 35. The van der Waals surface area contributed by atoms with Crippen LogP contribution in [0, 0.1) is 24.7 Å². The Hall–Kier alpha value is -5.36. The molecule has 7 N–H and O–H groups in total. The Morgan fingerprint density at radius 1 is 0.897 bits per heavy atom. The highest BCUT2D eigenvalue weighted by molar-refractivity contribution is 7.99. The highest BCUT2D eigenvalue weighted by atomic mass is 32.2. The zero-order valence-corrected chi connectivity index (χ0v) is 49.4. The summed E-state index contributed by atoms with van der Waals surface area (Å²) in [5.41, 5.74) is 1.95. The number of aryl methyl sites for hydroxylation is 1. The van der Waals surface area contributed by atoms with Gasteiger partial charge < -0.3 is 56.1 Å². The highest BCUT2D eigenvalue weighted by Crippen LogP contribution is 2.31.